The molecule has 0 unspecified atom stereocenters. The molecule has 2 heteroatoms. The summed E-state index contributed by atoms with van der Waals surface area (Å²) in [7, 11) is 0. The first-order valence-corrected chi connectivity index (χ1v) is 4.52. The van der Waals surface area contributed by atoms with Gasteiger partial charge in [0.25, 0.3) is 0 Å². The molecule has 0 N–H and O–H groups in total. The molecule has 0 aliphatic rings. The highest BCUT2D eigenvalue weighted by molar-refractivity contribution is 6.32. The zero-order valence-corrected chi connectivity index (χ0v) is 7.91. The summed E-state index contributed by atoms with van der Waals surface area (Å²) in [5, 5.41) is 0.761. The maximum atomic E-state index is 5.87. The number of alkyl halides is 1. The van der Waals surface area contributed by atoms with Crippen molar-refractivity contribution < 1.29 is 0 Å². The van der Waals surface area contributed by atoms with Gasteiger partial charge in [0.1, 0.15) is 0 Å². The highest BCUT2D eigenvalue weighted by Crippen LogP contribution is 2.19. The van der Waals surface area contributed by atoms with E-state index >= 15 is 0 Å². The monoisotopic (exact) mass is 188 g/mol. The molecule has 0 heterocycles. The van der Waals surface area contributed by atoms with Crippen molar-refractivity contribution in [2.45, 2.75) is 19.2 Å². The van der Waals surface area contributed by atoms with Crippen LogP contribution < -0.4 is 0 Å². The molecule has 0 aromatic heterocycles. The molecule has 0 nitrogen and oxygen atoms in total. The van der Waals surface area contributed by atoms with Crippen LogP contribution in [0.2, 0.25) is 5.02 Å². The summed E-state index contributed by atoms with van der Waals surface area (Å²) in [5.41, 5.74) is 2.30. The standard InChI is InChI=1S/C9H10Cl2/c1-2-7-3-4-9(11)8(5-7)6-10/h3-5H,2,6H2,1H3. The van der Waals surface area contributed by atoms with Crippen molar-refractivity contribution in [2.24, 2.45) is 0 Å². The Hall–Kier alpha value is -0.200. The van der Waals surface area contributed by atoms with Gasteiger partial charge in [0.05, 0.1) is 0 Å². The SMILES string of the molecule is CCc1ccc(Cl)c(CCl)c1. The second kappa shape index (κ2) is 3.99. The van der Waals surface area contributed by atoms with E-state index in [-0.39, 0.29) is 0 Å². The molecule has 0 radical (unpaired) electrons. The van der Waals surface area contributed by atoms with Crippen LogP contribution >= 0.6 is 23.2 Å². The van der Waals surface area contributed by atoms with Gasteiger partial charge < -0.3 is 0 Å². The second-order valence-corrected chi connectivity index (χ2v) is 3.09. The fraction of sp³-hybridized carbons (Fsp3) is 0.333. The molecule has 1 aromatic carbocycles. The molecule has 0 saturated heterocycles. The summed E-state index contributed by atoms with van der Waals surface area (Å²) in [6, 6.07) is 5.98. The smallest absolute Gasteiger partial charge is 0.0488 e. The van der Waals surface area contributed by atoms with E-state index in [0.29, 0.717) is 5.88 Å². The highest BCUT2D eigenvalue weighted by atomic mass is 35.5. The average molecular weight is 189 g/mol. The van der Waals surface area contributed by atoms with Gasteiger partial charge >= 0.3 is 0 Å². The van der Waals surface area contributed by atoms with Crippen LogP contribution in [0.4, 0.5) is 0 Å². The highest BCUT2D eigenvalue weighted by Gasteiger charge is 1.98. The van der Waals surface area contributed by atoms with E-state index in [1.54, 1.807) is 0 Å². The third-order valence-electron chi connectivity index (χ3n) is 1.66. The zero-order chi connectivity index (χ0) is 8.27. The number of hydrogen-bond acceptors (Lipinski definition) is 0. The van der Waals surface area contributed by atoms with Gasteiger partial charge in [0.15, 0.2) is 0 Å². The van der Waals surface area contributed by atoms with Crippen LogP contribution in [-0.2, 0) is 12.3 Å². The topological polar surface area (TPSA) is 0 Å². The number of rotatable bonds is 2. The lowest BCUT2D eigenvalue weighted by molar-refractivity contribution is 1.13. The van der Waals surface area contributed by atoms with Crippen molar-refractivity contribution in [1.29, 1.82) is 0 Å². The fourth-order valence-electron chi connectivity index (χ4n) is 0.950. The summed E-state index contributed by atoms with van der Waals surface area (Å²) >= 11 is 11.5. The summed E-state index contributed by atoms with van der Waals surface area (Å²) in [4.78, 5) is 0. The number of benzene rings is 1. The molecule has 0 saturated carbocycles. The molecule has 1 aromatic rings. The van der Waals surface area contributed by atoms with Gasteiger partial charge in [0.2, 0.25) is 0 Å². The number of halogens is 2. The minimum absolute atomic E-state index is 0.493. The molecule has 0 amide bonds. The number of hydrogen-bond donors (Lipinski definition) is 0. The van der Waals surface area contributed by atoms with Crippen LogP contribution in [0.3, 0.4) is 0 Å². The van der Waals surface area contributed by atoms with Crippen molar-refractivity contribution in [3.8, 4) is 0 Å². The van der Waals surface area contributed by atoms with E-state index in [9.17, 15) is 0 Å². The Kier molecular flexibility index (Phi) is 3.22. The molecular formula is C9H10Cl2. The van der Waals surface area contributed by atoms with Crippen LogP contribution in [0.5, 0.6) is 0 Å². The lowest BCUT2D eigenvalue weighted by Crippen LogP contribution is -1.84. The molecular weight excluding hydrogens is 179 g/mol. The van der Waals surface area contributed by atoms with E-state index in [1.165, 1.54) is 5.56 Å². The maximum absolute atomic E-state index is 5.87. The van der Waals surface area contributed by atoms with Gasteiger partial charge in [-0.3, -0.25) is 0 Å². The molecule has 0 aliphatic carbocycles. The minimum Gasteiger partial charge on any atom is -0.121 e. The van der Waals surface area contributed by atoms with Crippen LogP contribution in [0.15, 0.2) is 18.2 Å². The summed E-state index contributed by atoms with van der Waals surface area (Å²) < 4.78 is 0. The minimum atomic E-state index is 0.493. The van der Waals surface area contributed by atoms with Gasteiger partial charge in [-0.1, -0.05) is 30.7 Å². The molecule has 11 heavy (non-hydrogen) atoms. The first-order valence-electron chi connectivity index (χ1n) is 3.61. The molecule has 0 spiro atoms. The average Bonchev–Trinajstić information content (AvgIpc) is 2.05. The first kappa shape index (κ1) is 8.89. The van der Waals surface area contributed by atoms with Crippen LogP contribution in [0, 0.1) is 0 Å². The van der Waals surface area contributed by atoms with Gasteiger partial charge in [-0.25, -0.2) is 0 Å². The quantitative estimate of drug-likeness (QED) is 0.623. The molecule has 1 rings (SSSR count). The van der Waals surface area contributed by atoms with Crippen molar-refractivity contribution in [3.05, 3.63) is 34.3 Å². The lowest BCUT2D eigenvalue weighted by Gasteiger charge is -2.01. The summed E-state index contributed by atoms with van der Waals surface area (Å²) in [5.74, 6) is 0.493. The Bertz CT molecular complexity index is 243. The van der Waals surface area contributed by atoms with Gasteiger partial charge in [-0.05, 0) is 23.6 Å². The van der Waals surface area contributed by atoms with Crippen molar-refractivity contribution in [1.82, 2.24) is 0 Å². The molecule has 0 fully saturated rings. The van der Waals surface area contributed by atoms with Gasteiger partial charge in [0, 0.05) is 10.9 Å². The van der Waals surface area contributed by atoms with E-state index in [4.69, 9.17) is 23.2 Å². The van der Waals surface area contributed by atoms with E-state index in [1.807, 2.05) is 12.1 Å². The van der Waals surface area contributed by atoms with Crippen LogP contribution in [-0.4, -0.2) is 0 Å². The zero-order valence-electron chi connectivity index (χ0n) is 6.40. The van der Waals surface area contributed by atoms with E-state index < -0.39 is 0 Å². The molecule has 0 atom stereocenters. The molecule has 0 bridgehead atoms. The Morgan fingerprint density at radius 2 is 2.09 bits per heavy atom. The molecule has 0 aliphatic heterocycles. The van der Waals surface area contributed by atoms with E-state index in [0.717, 1.165) is 17.0 Å². The van der Waals surface area contributed by atoms with E-state index in [2.05, 4.69) is 13.0 Å². The Balaban J connectivity index is 3.02. The van der Waals surface area contributed by atoms with Crippen LogP contribution in [0.25, 0.3) is 0 Å². The summed E-state index contributed by atoms with van der Waals surface area (Å²) in [6.45, 7) is 2.11. The predicted molar refractivity (Wildman–Crippen MR) is 50.4 cm³/mol. The van der Waals surface area contributed by atoms with Crippen molar-refractivity contribution >= 4 is 23.2 Å². The van der Waals surface area contributed by atoms with Crippen molar-refractivity contribution in [2.75, 3.05) is 0 Å². The lowest BCUT2D eigenvalue weighted by atomic mass is 10.1. The Labute approximate surface area is 77.1 Å². The first-order chi connectivity index (χ1) is 5.27. The predicted octanol–water partition coefficient (Wildman–Crippen LogP) is 3.64. The Morgan fingerprint density at radius 3 is 2.64 bits per heavy atom. The third kappa shape index (κ3) is 2.11. The largest absolute Gasteiger partial charge is 0.121 e. The van der Waals surface area contributed by atoms with Crippen molar-refractivity contribution in [3.63, 3.8) is 0 Å². The maximum Gasteiger partial charge on any atom is 0.0488 e. The Morgan fingerprint density at radius 1 is 1.36 bits per heavy atom. The second-order valence-electron chi connectivity index (χ2n) is 2.41. The number of aryl methyl sites for hydroxylation is 1. The van der Waals surface area contributed by atoms with Crippen LogP contribution in [0.1, 0.15) is 18.1 Å². The summed E-state index contributed by atoms with van der Waals surface area (Å²) in [6.07, 6.45) is 1.03. The fourth-order valence-corrected chi connectivity index (χ4v) is 1.42. The van der Waals surface area contributed by atoms with Gasteiger partial charge in [-0.2, -0.15) is 0 Å². The van der Waals surface area contributed by atoms with Gasteiger partial charge in [-0.15, -0.1) is 11.6 Å². The molecule has 60 valence electrons. The third-order valence-corrected chi connectivity index (χ3v) is 2.32. The normalized spacial score (nSPS) is 10.1.